The van der Waals surface area contributed by atoms with Crippen molar-refractivity contribution in [3.8, 4) is 0 Å². The topological polar surface area (TPSA) is 20.2 Å². The lowest BCUT2D eigenvalue weighted by molar-refractivity contribution is 0.229. The molecule has 0 radical (unpaired) electrons. The first-order chi connectivity index (χ1) is 8.79. The number of allylic oxidation sites excluding steroid dienone is 1. The van der Waals surface area contributed by atoms with Gasteiger partial charge in [-0.2, -0.15) is 0 Å². The van der Waals surface area contributed by atoms with E-state index in [1.165, 1.54) is 41.5 Å². The van der Waals surface area contributed by atoms with Crippen molar-refractivity contribution in [2.24, 2.45) is 23.7 Å². The average Bonchev–Trinajstić information content (AvgIpc) is 2.87. The second kappa shape index (κ2) is 3.71. The maximum Gasteiger partial charge on any atom is 0.0650 e. The Hall–Kier alpha value is -1.08. The molecular formula is C17H20O. The first kappa shape index (κ1) is 10.8. The predicted octanol–water partition coefficient (Wildman–Crippen LogP) is 3.42. The lowest BCUT2D eigenvalue weighted by atomic mass is 9.60. The molecule has 4 atom stereocenters. The van der Waals surface area contributed by atoms with Crippen LogP contribution < -0.4 is 0 Å². The van der Waals surface area contributed by atoms with E-state index in [1.54, 1.807) is 0 Å². The van der Waals surface area contributed by atoms with Gasteiger partial charge in [-0.15, -0.1) is 0 Å². The van der Waals surface area contributed by atoms with Crippen molar-refractivity contribution >= 4 is 5.57 Å². The van der Waals surface area contributed by atoms with Crippen LogP contribution >= 0.6 is 0 Å². The van der Waals surface area contributed by atoms with Crippen molar-refractivity contribution in [3.05, 3.63) is 41.0 Å². The van der Waals surface area contributed by atoms with Crippen LogP contribution in [-0.2, 0) is 0 Å². The molecule has 0 aliphatic heterocycles. The van der Waals surface area contributed by atoms with Crippen LogP contribution in [-0.4, -0.2) is 11.7 Å². The van der Waals surface area contributed by atoms with Gasteiger partial charge < -0.3 is 5.11 Å². The molecule has 94 valence electrons. The van der Waals surface area contributed by atoms with E-state index in [1.807, 2.05) is 0 Å². The monoisotopic (exact) mass is 240 g/mol. The highest BCUT2D eigenvalue weighted by Crippen LogP contribution is 2.65. The quantitative estimate of drug-likeness (QED) is 0.840. The van der Waals surface area contributed by atoms with Crippen LogP contribution in [0.3, 0.4) is 0 Å². The molecule has 2 saturated carbocycles. The Labute approximate surface area is 109 Å². The molecule has 0 amide bonds. The molecule has 3 aliphatic carbocycles. The molecule has 1 aromatic carbocycles. The molecule has 0 heterocycles. The number of fused-ring (bicyclic) bond motifs is 5. The Morgan fingerprint density at radius 3 is 2.67 bits per heavy atom. The molecule has 1 aromatic rings. The van der Waals surface area contributed by atoms with Gasteiger partial charge in [0.1, 0.15) is 0 Å². The van der Waals surface area contributed by atoms with Crippen LogP contribution in [0.15, 0.2) is 29.8 Å². The minimum atomic E-state index is 0.271. The van der Waals surface area contributed by atoms with E-state index in [-0.39, 0.29) is 6.61 Å². The summed E-state index contributed by atoms with van der Waals surface area (Å²) in [7, 11) is 0. The van der Waals surface area contributed by atoms with Crippen molar-refractivity contribution in [2.75, 3.05) is 6.61 Å². The third kappa shape index (κ3) is 1.26. The highest BCUT2D eigenvalue weighted by molar-refractivity contribution is 5.79. The summed E-state index contributed by atoms with van der Waals surface area (Å²) >= 11 is 0. The highest BCUT2D eigenvalue weighted by atomic mass is 16.3. The maximum atomic E-state index is 9.70. The summed E-state index contributed by atoms with van der Waals surface area (Å²) in [4.78, 5) is 0. The van der Waals surface area contributed by atoms with Crippen LogP contribution in [0.25, 0.3) is 5.57 Å². The van der Waals surface area contributed by atoms with Gasteiger partial charge >= 0.3 is 0 Å². The van der Waals surface area contributed by atoms with E-state index >= 15 is 0 Å². The van der Waals surface area contributed by atoms with Gasteiger partial charge in [0.2, 0.25) is 0 Å². The third-order valence-electron chi connectivity index (χ3n) is 5.50. The summed E-state index contributed by atoms with van der Waals surface area (Å²) in [5.41, 5.74) is 5.55. The number of aliphatic hydroxyl groups excluding tert-OH is 1. The number of aryl methyl sites for hydroxylation is 1. The smallest absolute Gasteiger partial charge is 0.0650 e. The number of hydrogen-bond donors (Lipinski definition) is 1. The Bertz CT molecular complexity index is 528. The van der Waals surface area contributed by atoms with Crippen LogP contribution in [0, 0.1) is 30.6 Å². The van der Waals surface area contributed by atoms with Crippen LogP contribution in [0.5, 0.6) is 0 Å². The first-order valence-electron chi connectivity index (χ1n) is 7.20. The van der Waals surface area contributed by atoms with Gasteiger partial charge in [0.05, 0.1) is 6.61 Å². The Balaban J connectivity index is 1.80. The van der Waals surface area contributed by atoms with Crippen molar-refractivity contribution < 1.29 is 5.11 Å². The molecule has 2 bridgehead atoms. The van der Waals surface area contributed by atoms with Crippen molar-refractivity contribution in [2.45, 2.75) is 26.2 Å². The summed E-state index contributed by atoms with van der Waals surface area (Å²) in [6.45, 7) is 2.42. The summed E-state index contributed by atoms with van der Waals surface area (Å²) < 4.78 is 0. The molecule has 1 N–H and O–H groups in total. The fourth-order valence-corrected chi connectivity index (χ4v) is 4.89. The van der Waals surface area contributed by atoms with Gasteiger partial charge in [0, 0.05) is 0 Å². The van der Waals surface area contributed by atoms with E-state index < -0.39 is 0 Å². The van der Waals surface area contributed by atoms with E-state index in [0.29, 0.717) is 0 Å². The fraction of sp³-hybridized carbons (Fsp3) is 0.529. The molecule has 18 heavy (non-hydrogen) atoms. The average molecular weight is 240 g/mol. The minimum Gasteiger partial charge on any atom is -0.392 e. The Morgan fingerprint density at radius 1 is 1.17 bits per heavy atom. The number of aliphatic hydroxyl groups is 1. The largest absolute Gasteiger partial charge is 0.392 e. The molecule has 2 fully saturated rings. The molecule has 1 nitrogen and oxygen atoms in total. The SMILES string of the molecule is Cc1cccc(C2=C(CO)C3C4CCC(C4)C23)c1. The van der Waals surface area contributed by atoms with Gasteiger partial charge in [-0.05, 0) is 66.6 Å². The molecule has 4 rings (SSSR count). The van der Waals surface area contributed by atoms with Crippen LogP contribution in [0.1, 0.15) is 30.4 Å². The zero-order valence-corrected chi connectivity index (χ0v) is 10.9. The molecule has 3 aliphatic rings. The van der Waals surface area contributed by atoms with Crippen molar-refractivity contribution in [3.63, 3.8) is 0 Å². The molecule has 1 heteroatoms. The molecular weight excluding hydrogens is 220 g/mol. The van der Waals surface area contributed by atoms with E-state index in [4.69, 9.17) is 0 Å². The first-order valence-corrected chi connectivity index (χ1v) is 7.20. The summed E-state index contributed by atoms with van der Waals surface area (Å²) in [6, 6.07) is 8.81. The van der Waals surface area contributed by atoms with Gasteiger partial charge in [0.25, 0.3) is 0 Å². The van der Waals surface area contributed by atoms with Gasteiger partial charge in [-0.25, -0.2) is 0 Å². The molecule has 0 saturated heterocycles. The minimum absolute atomic E-state index is 0.271. The van der Waals surface area contributed by atoms with Crippen LogP contribution in [0.2, 0.25) is 0 Å². The van der Waals surface area contributed by atoms with E-state index in [9.17, 15) is 5.11 Å². The molecule has 0 aromatic heterocycles. The number of rotatable bonds is 2. The second-order valence-electron chi connectivity index (χ2n) is 6.35. The van der Waals surface area contributed by atoms with Crippen LogP contribution in [0.4, 0.5) is 0 Å². The number of benzene rings is 1. The second-order valence-corrected chi connectivity index (χ2v) is 6.35. The maximum absolute atomic E-state index is 9.70. The van der Waals surface area contributed by atoms with Gasteiger partial charge in [-0.1, -0.05) is 29.8 Å². The highest BCUT2D eigenvalue weighted by Gasteiger charge is 2.56. The van der Waals surface area contributed by atoms with Crippen molar-refractivity contribution in [1.29, 1.82) is 0 Å². The lowest BCUT2D eigenvalue weighted by Crippen LogP contribution is -2.36. The van der Waals surface area contributed by atoms with Gasteiger partial charge in [-0.3, -0.25) is 0 Å². The Kier molecular flexibility index (Phi) is 2.23. The Morgan fingerprint density at radius 2 is 1.94 bits per heavy atom. The number of hydrogen-bond acceptors (Lipinski definition) is 1. The third-order valence-corrected chi connectivity index (χ3v) is 5.50. The van der Waals surface area contributed by atoms with Gasteiger partial charge in [0.15, 0.2) is 0 Å². The molecule has 0 spiro atoms. The summed E-state index contributed by atoms with van der Waals surface area (Å²) in [5, 5.41) is 9.70. The van der Waals surface area contributed by atoms with E-state index in [0.717, 1.165) is 23.7 Å². The van der Waals surface area contributed by atoms with E-state index in [2.05, 4.69) is 31.2 Å². The normalized spacial score (nSPS) is 36.8. The fourth-order valence-electron chi connectivity index (χ4n) is 4.89. The standard InChI is InChI=1S/C17H20O/c1-10-3-2-4-11(7-10)15-14(9-18)16-12-5-6-13(8-12)17(15)16/h2-4,7,12-13,16-18H,5-6,8-9H2,1H3. The molecule has 4 unspecified atom stereocenters. The lowest BCUT2D eigenvalue weighted by Gasteiger charge is -2.45. The predicted molar refractivity (Wildman–Crippen MR) is 73.0 cm³/mol. The summed E-state index contributed by atoms with van der Waals surface area (Å²) in [5.74, 6) is 3.29. The van der Waals surface area contributed by atoms with Crippen molar-refractivity contribution in [1.82, 2.24) is 0 Å². The summed E-state index contributed by atoms with van der Waals surface area (Å²) in [6.07, 6.45) is 4.23. The zero-order valence-electron chi connectivity index (χ0n) is 10.9. The zero-order chi connectivity index (χ0) is 12.3.